The van der Waals surface area contributed by atoms with Crippen molar-refractivity contribution >= 4 is 11.5 Å². The Morgan fingerprint density at radius 2 is 1.76 bits per heavy atom. The van der Waals surface area contributed by atoms with Gasteiger partial charge in [-0.3, -0.25) is 4.79 Å². The third-order valence-corrected chi connectivity index (χ3v) is 4.37. The first-order chi connectivity index (χ1) is 12.2. The number of Topliss-reactive ketones (excluding diaryl/α,β-unsaturated/α-hetero) is 1. The van der Waals surface area contributed by atoms with Gasteiger partial charge in [-0.1, -0.05) is 19.1 Å². The number of rotatable bonds is 6. The van der Waals surface area contributed by atoms with Gasteiger partial charge in [-0.2, -0.15) is 0 Å². The maximum absolute atomic E-state index is 13.2. The third-order valence-electron chi connectivity index (χ3n) is 4.37. The molecule has 0 aliphatic carbocycles. The van der Waals surface area contributed by atoms with Gasteiger partial charge >= 0.3 is 0 Å². The second-order valence-electron chi connectivity index (χ2n) is 5.94. The second kappa shape index (κ2) is 7.47. The van der Waals surface area contributed by atoms with Gasteiger partial charge in [0.1, 0.15) is 17.2 Å². The molecule has 0 fully saturated rings. The van der Waals surface area contributed by atoms with Crippen LogP contribution in [0, 0.1) is 0 Å². The van der Waals surface area contributed by atoms with Gasteiger partial charge in [-0.25, -0.2) is 0 Å². The zero-order chi connectivity index (χ0) is 17.8. The predicted octanol–water partition coefficient (Wildman–Crippen LogP) is 3.88. The van der Waals surface area contributed by atoms with Crippen molar-refractivity contribution in [2.24, 2.45) is 0 Å². The number of hydrogen-bond acceptors (Lipinski definition) is 5. The molecule has 1 unspecified atom stereocenters. The maximum Gasteiger partial charge on any atom is 0.178 e. The third kappa shape index (κ3) is 3.27. The fourth-order valence-electron chi connectivity index (χ4n) is 3.06. The van der Waals surface area contributed by atoms with Crippen LogP contribution in [0.15, 0.2) is 36.4 Å². The van der Waals surface area contributed by atoms with E-state index in [0.29, 0.717) is 30.2 Å². The summed E-state index contributed by atoms with van der Waals surface area (Å²) in [5.41, 5.74) is 2.23. The molecule has 132 valence electrons. The van der Waals surface area contributed by atoms with Gasteiger partial charge in [0.25, 0.3) is 0 Å². The number of hydrogen-bond donors (Lipinski definition) is 1. The molecular formula is C20H23NO4. The molecule has 2 aromatic carbocycles. The molecular weight excluding hydrogens is 318 g/mol. The van der Waals surface area contributed by atoms with E-state index in [2.05, 4.69) is 5.32 Å². The zero-order valence-electron chi connectivity index (χ0n) is 14.8. The molecule has 0 aromatic heterocycles. The normalized spacial score (nSPS) is 16.0. The molecule has 0 spiro atoms. The number of carbonyl (C=O) groups excluding carboxylic acids is 1. The SMILES string of the molecule is CCCOc1ccc(OC)c2c1NCC(c1ccc(OC)cc1)C2=O. The lowest BCUT2D eigenvalue weighted by atomic mass is 9.86. The number of ketones is 1. The average molecular weight is 341 g/mol. The molecule has 1 heterocycles. The minimum Gasteiger partial charge on any atom is -0.497 e. The van der Waals surface area contributed by atoms with Crippen LogP contribution < -0.4 is 19.5 Å². The molecule has 5 nitrogen and oxygen atoms in total. The largest absolute Gasteiger partial charge is 0.497 e. The van der Waals surface area contributed by atoms with Crippen molar-refractivity contribution in [3.8, 4) is 17.2 Å². The van der Waals surface area contributed by atoms with Crippen LogP contribution in [0.5, 0.6) is 17.2 Å². The van der Waals surface area contributed by atoms with Crippen molar-refractivity contribution in [3.63, 3.8) is 0 Å². The highest BCUT2D eigenvalue weighted by atomic mass is 16.5. The topological polar surface area (TPSA) is 56.8 Å². The zero-order valence-corrected chi connectivity index (χ0v) is 14.8. The molecule has 2 aromatic rings. The van der Waals surface area contributed by atoms with Crippen molar-refractivity contribution in [2.45, 2.75) is 19.3 Å². The van der Waals surface area contributed by atoms with Crippen LogP contribution in [-0.4, -0.2) is 33.2 Å². The summed E-state index contributed by atoms with van der Waals surface area (Å²) in [7, 11) is 3.20. The summed E-state index contributed by atoms with van der Waals surface area (Å²) in [6, 6.07) is 11.2. The predicted molar refractivity (Wildman–Crippen MR) is 97.3 cm³/mol. The Bertz CT molecular complexity index is 755. The number of anilines is 1. The summed E-state index contributed by atoms with van der Waals surface area (Å²) in [5, 5.41) is 3.37. The Morgan fingerprint density at radius 1 is 1.04 bits per heavy atom. The monoisotopic (exact) mass is 341 g/mol. The molecule has 0 amide bonds. The Morgan fingerprint density at radius 3 is 2.40 bits per heavy atom. The number of ether oxygens (including phenoxy) is 3. The van der Waals surface area contributed by atoms with Crippen LogP contribution in [-0.2, 0) is 0 Å². The highest BCUT2D eigenvalue weighted by molar-refractivity contribution is 6.10. The minimum atomic E-state index is -0.270. The van der Waals surface area contributed by atoms with E-state index in [1.165, 1.54) is 0 Å². The van der Waals surface area contributed by atoms with E-state index >= 15 is 0 Å². The van der Waals surface area contributed by atoms with Gasteiger partial charge in [0.05, 0.1) is 38.0 Å². The smallest absolute Gasteiger partial charge is 0.178 e. The molecule has 5 heteroatoms. The fourth-order valence-corrected chi connectivity index (χ4v) is 3.06. The number of carbonyl (C=O) groups is 1. The van der Waals surface area contributed by atoms with E-state index in [4.69, 9.17) is 14.2 Å². The van der Waals surface area contributed by atoms with E-state index in [-0.39, 0.29) is 11.7 Å². The minimum absolute atomic E-state index is 0.0396. The number of fused-ring (bicyclic) bond motifs is 1. The Kier molecular flexibility index (Phi) is 5.12. The molecule has 0 radical (unpaired) electrons. The van der Waals surface area contributed by atoms with Crippen LogP contribution in [0.4, 0.5) is 5.69 Å². The summed E-state index contributed by atoms with van der Waals surface area (Å²) in [5.74, 6) is 1.80. The van der Waals surface area contributed by atoms with Crippen molar-refractivity contribution in [2.75, 3.05) is 32.7 Å². The molecule has 1 aliphatic heterocycles. The Balaban J connectivity index is 1.97. The van der Waals surface area contributed by atoms with E-state index < -0.39 is 0 Å². The van der Waals surface area contributed by atoms with Crippen LogP contribution in [0.1, 0.15) is 35.2 Å². The lowest BCUT2D eigenvalue weighted by molar-refractivity contribution is 0.0956. The first-order valence-electron chi connectivity index (χ1n) is 8.45. The summed E-state index contributed by atoms with van der Waals surface area (Å²) in [6.45, 7) is 3.18. The van der Waals surface area contributed by atoms with Crippen LogP contribution in [0.25, 0.3) is 0 Å². The first kappa shape index (κ1) is 17.1. The average Bonchev–Trinajstić information content (AvgIpc) is 2.66. The molecule has 3 rings (SSSR count). The van der Waals surface area contributed by atoms with Gasteiger partial charge < -0.3 is 19.5 Å². The van der Waals surface area contributed by atoms with Crippen molar-refractivity contribution < 1.29 is 19.0 Å². The second-order valence-corrected chi connectivity index (χ2v) is 5.94. The Labute approximate surface area is 147 Å². The molecule has 25 heavy (non-hydrogen) atoms. The molecule has 0 saturated heterocycles. The lowest BCUT2D eigenvalue weighted by Gasteiger charge is -2.28. The van der Waals surface area contributed by atoms with Crippen molar-refractivity contribution in [1.82, 2.24) is 0 Å². The highest BCUT2D eigenvalue weighted by Gasteiger charge is 2.33. The van der Waals surface area contributed by atoms with E-state index in [0.717, 1.165) is 23.4 Å². The van der Waals surface area contributed by atoms with Gasteiger partial charge in [0.2, 0.25) is 0 Å². The van der Waals surface area contributed by atoms with Crippen LogP contribution >= 0.6 is 0 Å². The molecule has 0 bridgehead atoms. The summed E-state index contributed by atoms with van der Waals surface area (Å²) < 4.78 is 16.4. The number of benzene rings is 2. The summed E-state index contributed by atoms with van der Waals surface area (Å²) in [4.78, 5) is 13.2. The quantitative estimate of drug-likeness (QED) is 0.864. The first-order valence-corrected chi connectivity index (χ1v) is 8.45. The molecule has 1 atom stereocenters. The van der Waals surface area contributed by atoms with Crippen molar-refractivity contribution in [3.05, 3.63) is 47.5 Å². The van der Waals surface area contributed by atoms with E-state index in [1.807, 2.05) is 37.3 Å². The number of nitrogens with one attached hydrogen (secondary N) is 1. The van der Waals surface area contributed by atoms with Gasteiger partial charge in [0.15, 0.2) is 5.78 Å². The summed E-state index contributed by atoms with van der Waals surface area (Å²) >= 11 is 0. The van der Waals surface area contributed by atoms with E-state index in [1.54, 1.807) is 20.3 Å². The molecule has 1 aliphatic rings. The van der Waals surface area contributed by atoms with Gasteiger partial charge in [-0.15, -0.1) is 0 Å². The van der Waals surface area contributed by atoms with E-state index in [9.17, 15) is 4.79 Å². The van der Waals surface area contributed by atoms with Crippen molar-refractivity contribution in [1.29, 1.82) is 0 Å². The standard InChI is InChI=1S/C20H23NO4/c1-4-11-25-17-10-9-16(24-3)18-19(17)21-12-15(20(18)22)13-5-7-14(23-2)8-6-13/h5-10,15,21H,4,11-12H2,1-3H3. The van der Waals surface area contributed by atoms with Gasteiger partial charge in [-0.05, 0) is 36.2 Å². The Hall–Kier alpha value is -2.69. The molecule has 0 saturated carbocycles. The van der Waals surface area contributed by atoms with Crippen LogP contribution in [0.3, 0.4) is 0 Å². The summed E-state index contributed by atoms with van der Waals surface area (Å²) in [6.07, 6.45) is 0.906. The number of methoxy groups -OCH3 is 2. The van der Waals surface area contributed by atoms with Crippen LogP contribution in [0.2, 0.25) is 0 Å². The molecule has 1 N–H and O–H groups in total. The van der Waals surface area contributed by atoms with Gasteiger partial charge in [0, 0.05) is 6.54 Å². The maximum atomic E-state index is 13.2. The fraction of sp³-hybridized carbons (Fsp3) is 0.350. The lowest BCUT2D eigenvalue weighted by Crippen LogP contribution is -2.28. The highest BCUT2D eigenvalue weighted by Crippen LogP contribution is 2.42.